The number of ether oxygens (including phenoxy) is 1. The predicted molar refractivity (Wildman–Crippen MR) is 32.4 cm³/mol. The zero-order valence-corrected chi connectivity index (χ0v) is 7.68. The second kappa shape index (κ2) is 4.50. The molecule has 0 heterocycles. The molecule has 0 aromatic heterocycles. The van der Waals surface area contributed by atoms with Gasteiger partial charge >= 0.3 is 54.7 Å². The molecule has 0 N–H and O–H groups in total. The van der Waals surface area contributed by atoms with E-state index < -0.39 is 0 Å². The zero-order chi connectivity index (χ0) is 5.70. The Balaban J connectivity index is 3.00. The monoisotopic (exact) mass is 206 g/mol. The molecule has 0 saturated heterocycles. The minimum absolute atomic E-state index is 0.316. The Labute approximate surface area is 55.0 Å². The van der Waals surface area contributed by atoms with Gasteiger partial charge in [0.2, 0.25) is 0 Å². The Morgan fingerprint density at radius 2 is 2.43 bits per heavy atom. The third-order valence-corrected chi connectivity index (χ3v) is 2.60. The molecule has 0 aromatic carbocycles. The van der Waals surface area contributed by atoms with Crippen molar-refractivity contribution in [1.29, 1.82) is 0 Å². The van der Waals surface area contributed by atoms with Crippen LogP contribution in [0.2, 0.25) is 4.94 Å². The molecule has 0 bridgehead atoms. The zero-order valence-electron chi connectivity index (χ0n) is 4.82. The summed E-state index contributed by atoms with van der Waals surface area (Å²) >= 11 is -0.316. The molecular weight excluding hydrogens is 195 g/mol. The molecule has 2 radical (unpaired) electrons. The SMILES string of the molecule is C=[C](OCC)[Sn][CH3]. The third-order valence-electron chi connectivity index (χ3n) is 0.597. The first-order valence-electron chi connectivity index (χ1n) is 2.30. The molecule has 0 fully saturated rings. The van der Waals surface area contributed by atoms with Gasteiger partial charge in [0.25, 0.3) is 0 Å². The van der Waals surface area contributed by atoms with Gasteiger partial charge in [0.05, 0.1) is 0 Å². The maximum absolute atomic E-state index is 5.07. The predicted octanol–water partition coefficient (Wildman–Crippen LogP) is 1.25. The van der Waals surface area contributed by atoms with E-state index in [1.165, 1.54) is 0 Å². The fourth-order valence-corrected chi connectivity index (χ4v) is 1.07. The fraction of sp³-hybridized carbons (Fsp3) is 0.600. The second-order valence-electron chi connectivity index (χ2n) is 1.11. The molecule has 0 amide bonds. The number of rotatable bonds is 3. The van der Waals surface area contributed by atoms with Gasteiger partial charge < -0.3 is 0 Å². The van der Waals surface area contributed by atoms with E-state index in [9.17, 15) is 0 Å². The second-order valence-corrected chi connectivity index (χ2v) is 4.12. The first kappa shape index (κ1) is 7.34. The summed E-state index contributed by atoms with van der Waals surface area (Å²) in [5.41, 5.74) is 0. The average Bonchev–Trinajstić information content (AvgIpc) is 1.68. The summed E-state index contributed by atoms with van der Waals surface area (Å²) in [5, 5.41) is 0. The van der Waals surface area contributed by atoms with E-state index in [2.05, 4.69) is 11.5 Å². The summed E-state index contributed by atoms with van der Waals surface area (Å²) in [5.74, 6) is 0. The van der Waals surface area contributed by atoms with Crippen LogP contribution in [0.25, 0.3) is 0 Å². The van der Waals surface area contributed by atoms with Gasteiger partial charge in [-0.2, -0.15) is 0 Å². The van der Waals surface area contributed by atoms with Gasteiger partial charge in [-0.25, -0.2) is 0 Å². The summed E-state index contributed by atoms with van der Waals surface area (Å²) in [6, 6.07) is 0. The van der Waals surface area contributed by atoms with Crippen molar-refractivity contribution in [3.63, 3.8) is 0 Å². The van der Waals surface area contributed by atoms with Gasteiger partial charge in [-0.1, -0.05) is 0 Å². The van der Waals surface area contributed by atoms with Crippen LogP contribution in [0.15, 0.2) is 10.4 Å². The Bertz CT molecular complexity index is 61.1. The van der Waals surface area contributed by atoms with E-state index in [0.29, 0.717) is 0 Å². The van der Waals surface area contributed by atoms with Gasteiger partial charge in [0.1, 0.15) is 0 Å². The van der Waals surface area contributed by atoms with Gasteiger partial charge in [0, 0.05) is 0 Å². The summed E-state index contributed by atoms with van der Waals surface area (Å²) in [6.45, 7) is 6.49. The van der Waals surface area contributed by atoms with Crippen molar-refractivity contribution in [2.75, 3.05) is 6.61 Å². The Morgan fingerprint density at radius 1 is 1.86 bits per heavy atom. The summed E-state index contributed by atoms with van der Waals surface area (Å²) < 4.78 is 6.12. The molecule has 0 saturated carbocycles. The molecular formula is C5H10OSn. The van der Waals surface area contributed by atoms with E-state index in [0.717, 1.165) is 10.4 Å². The Morgan fingerprint density at radius 3 is 2.57 bits per heavy atom. The molecule has 0 aliphatic heterocycles. The minimum atomic E-state index is -0.316. The molecule has 0 atom stereocenters. The van der Waals surface area contributed by atoms with Crippen molar-refractivity contribution in [2.45, 2.75) is 11.9 Å². The van der Waals surface area contributed by atoms with Crippen LogP contribution in [0.5, 0.6) is 0 Å². The fourth-order valence-electron chi connectivity index (χ4n) is 0.246. The van der Waals surface area contributed by atoms with E-state index in [1.807, 2.05) is 6.92 Å². The van der Waals surface area contributed by atoms with Gasteiger partial charge in [-0.15, -0.1) is 0 Å². The van der Waals surface area contributed by atoms with Crippen LogP contribution in [0.3, 0.4) is 0 Å². The van der Waals surface area contributed by atoms with Crippen molar-refractivity contribution in [3.05, 3.63) is 10.4 Å². The molecule has 0 spiro atoms. The summed E-state index contributed by atoms with van der Waals surface area (Å²) in [7, 11) is 0. The van der Waals surface area contributed by atoms with Gasteiger partial charge in [-0.3, -0.25) is 0 Å². The van der Waals surface area contributed by atoms with Crippen LogP contribution in [0.4, 0.5) is 0 Å². The van der Waals surface area contributed by atoms with Crippen molar-refractivity contribution in [1.82, 2.24) is 0 Å². The standard InChI is InChI=1S/C4H7O.CH3.Sn/c1-3-5-4-2;;/h1,4H2,2H3;1H3;. The summed E-state index contributed by atoms with van der Waals surface area (Å²) in [6.07, 6.45) is 0. The van der Waals surface area contributed by atoms with Crippen LogP contribution in [-0.2, 0) is 4.74 Å². The van der Waals surface area contributed by atoms with E-state index in [4.69, 9.17) is 4.74 Å². The molecule has 2 heteroatoms. The molecule has 1 nitrogen and oxygen atoms in total. The van der Waals surface area contributed by atoms with Crippen molar-refractivity contribution >= 4 is 21.1 Å². The summed E-state index contributed by atoms with van der Waals surface area (Å²) in [4.78, 5) is 2.20. The van der Waals surface area contributed by atoms with Crippen molar-refractivity contribution in [2.24, 2.45) is 0 Å². The first-order chi connectivity index (χ1) is 3.31. The number of hydrogen-bond acceptors (Lipinski definition) is 1. The molecule has 7 heavy (non-hydrogen) atoms. The van der Waals surface area contributed by atoms with Crippen LogP contribution < -0.4 is 0 Å². The average molecular weight is 205 g/mol. The van der Waals surface area contributed by atoms with Crippen LogP contribution in [-0.4, -0.2) is 27.7 Å². The molecule has 0 rings (SSSR count). The van der Waals surface area contributed by atoms with Crippen LogP contribution >= 0.6 is 0 Å². The number of hydrogen-bond donors (Lipinski definition) is 0. The van der Waals surface area contributed by atoms with Crippen LogP contribution in [0.1, 0.15) is 6.92 Å². The van der Waals surface area contributed by atoms with E-state index >= 15 is 0 Å². The topological polar surface area (TPSA) is 9.23 Å². The van der Waals surface area contributed by atoms with Gasteiger partial charge in [-0.05, 0) is 0 Å². The van der Waals surface area contributed by atoms with E-state index in [1.54, 1.807) is 0 Å². The molecule has 0 aromatic rings. The van der Waals surface area contributed by atoms with E-state index in [-0.39, 0.29) is 21.1 Å². The normalized spacial score (nSPS) is 8.29. The molecule has 0 aliphatic carbocycles. The first-order valence-corrected chi connectivity index (χ1v) is 6.58. The van der Waals surface area contributed by atoms with Crippen LogP contribution in [0, 0.1) is 0 Å². The van der Waals surface area contributed by atoms with Gasteiger partial charge in [0.15, 0.2) is 0 Å². The quantitative estimate of drug-likeness (QED) is 0.497. The van der Waals surface area contributed by atoms with Crippen molar-refractivity contribution < 1.29 is 4.74 Å². The molecule has 0 aliphatic rings. The molecule has 0 unspecified atom stereocenters. The Hall–Kier alpha value is 0.339. The third kappa shape index (κ3) is 4.19. The van der Waals surface area contributed by atoms with Crippen molar-refractivity contribution in [3.8, 4) is 0 Å². The Kier molecular flexibility index (Phi) is 4.71. The molecule has 40 valence electrons. The maximum atomic E-state index is 5.07.